The maximum Gasteiger partial charge on any atom is 0.125 e. The van der Waals surface area contributed by atoms with Crippen LogP contribution in [-0.4, -0.2) is 6.04 Å². The number of benzene rings is 1. The van der Waals surface area contributed by atoms with Gasteiger partial charge in [-0.15, -0.1) is 0 Å². The van der Waals surface area contributed by atoms with E-state index in [4.69, 9.17) is 11.6 Å². The van der Waals surface area contributed by atoms with Crippen molar-refractivity contribution in [2.75, 3.05) is 5.32 Å². The van der Waals surface area contributed by atoms with Crippen LogP contribution in [0.3, 0.4) is 0 Å². The van der Waals surface area contributed by atoms with Crippen molar-refractivity contribution in [2.24, 2.45) is 11.8 Å². The Balaban J connectivity index is 2.02. The summed E-state index contributed by atoms with van der Waals surface area (Å²) in [5, 5.41) is 4.00. The van der Waals surface area contributed by atoms with E-state index in [0.717, 1.165) is 30.4 Å². The van der Waals surface area contributed by atoms with Crippen LogP contribution >= 0.6 is 11.6 Å². The van der Waals surface area contributed by atoms with E-state index in [0.29, 0.717) is 11.1 Å². The van der Waals surface area contributed by atoms with Crippen molar-refractivity contribution < 1.29 is 4.39 Å². The SMILES string of the molecule is CC(C)C1CCCC(Nc2cc(F)ccc2Cl)C1. The first-order chi connectivity index (χ1) is 8.56. The maximum atomic E-state index is 13.2. The van der Waals surface area contributed by atoms with Gasteiger partial charge in [0.15, 0.2) is 0 Å². The van der Waals surface area contributed by atoms with E-state index in [1.165, 1.54) is 25.0 Å². The third kappa shape index (κ3) is 3.38. The summed E-state index contributed by atoms with van der Waals surface area (Å²) in [5.74, 6) is 1.25. The lowest BCUT2D eigenvalue weighted by atomic mass is 9.79. The van der Waals surface area contributed by atoms with Crippen LogP contribution < -0.4 is 5.32 Å². The Morgan fingerprint density at radius 1 is 1.33 bits per heavy atom. The van der Waals surface area contributed by atoms with E-state index in [2.05, 4.69) is 19.2 Å². The van der Waals surface area contributed by atoms with Gasteiger partial charge in [0.2, 0.25) is 0 Å². The lowest BCUT2D eigenvalue weighted by Gasteiger charge is -2.32. The Morgan fingerprint density at radius 3 is 2.83 bits per heavy atom. The second-order valence-electron chi connectivity index (χ2n) is 5.64. The minimum Gasteiger partial charge on any atom is -0.381 e. The van der Waals surface area contributed by atoms with E-state index in [1.54, 1.807) is 6.07 Å². The van der Waals surface area contributed by atoms with Crippen molar-refractivity contribution in [1.82, 2.24) is 0 Å². The highest BCUT2D eigenvalue weighted by Crippen LogP contribution is 2.33. The molecule has 0 amide bonds. The van der Waals surface area contributed by atoms with Crippen LogP contribution in [0.5, 0.6) is 0 Å². The Labute approximate surface area is 114 Å². The first-order valence-electron chi connectivity index (χ1n) is 6.78. The number of rotatable bonds is 3. The summed E-state index contributed by atoms with van der Waals surface area (Å²) < 4.78 is 13.2. The van der Waals surface area contributed by atoms with E-state index in [9.17, 15) is 4.39 Å². The molecule has 0 bridgehead atoms. The van der Waals surface area contributed by atoms with Crippen LogP contribution in [0.15, 0.2) is 18.2 Å². The van der Waals surface area contributed by atoms with Crippen molar-refractivity contribution in [2.45, 2.75) is 45.6 Å². The first kappa shape index (κ1) is 13.7. The molecule has 0 heterocycles. The van der Waals surface area contributed by atoms with Crippen molar-refractivity contribution in [1.29, 1.82) is 0 Å². The zero-order valence-corrected chi connectivity index (χ0v) is 11.8. The molecule has 2 unspecified atom stereocenters. The largest absolute Gasteiger partial charge is 0.381 e. The minimum atomic E-state index is -0.238. The smallest absolute Gasteiger partial charge is 0.125 e. The van der Waals surface area contributed by atoms with Gasteiger partial charge in [-0.3, -0.25) is 0 Å². The standard InChI is InChI=1S/C15H21ClFN/c1-10(2)11-4-3-5-13(8-11)18-15-9-12(17)6-7-14(15)16/h6-7,9-11,13,18H,3-5,8H2,1-2H3. The van der Waals surface area contributed by atoms with Gasteiger partial charge in [-0.25, -0.2) is 4.39 Å². The summed E-state index contributed by atoms with van der Waals surface area (Å²) in [6.07, 6.45) is 4.86. The van der Waals surface area contributed by atoms with Gasteiger partial charge in [0, 0.05) is 6.04 Å². The van der Waals surface area contributed by atoms with Gasteiger partial charge in [0.05, 0.1) is 10.7 Å². The van der Waals surface area contributed by atoms with Crippen LogP contribution in [0.4, 0.5) is 10.1 Å². The molecule has 1 N–H and O–H groups in total. The van der Waals surface area contributed by atoms with Gasteiger partial charge >= 0.3 is 0 Å². The zero-order valence-electron chi connectivity index (χ0n) is 11.0. The van der Waals surface area contributed by atoms with Crippen molar-refractivity contribution >= 4 is 17.3 Å². The molecular formula is C15H21ClFN. The van der Waals surface area contributed by atoms with Gasteiger partial charge in [-0.1, -0.05) is 38.3 Å². The highest BCUT2D eigenvalue weighted by molar-refractivity contribution is 6.33. The van der Waals surface area contributed by atoms with Gasteiger partial charge in [-0.2, -0.15) is 0 Å². The van der Waals surface area contributed by atoms with Crippen LogP contribution in [-0.2, 0) is 0 Å². The normalized spacial score (nSPS) is 24.3. The number of nitrogens with one attached hydrogen (secondary N) is 1. The average molecular weight is 270 g/mol. The second-order valence-corrected chi connectivity index (χ2v) is 6.04. The molecule has 18 heavy (non-hydrogen) atoms. The van der Waals surface area contributed by atoms with Crippen molar-refractivity contribution in [3.05, 3.63) is 29.0 Å². The van der Waals surface area contributed by atoms with Gasteiger partial charge in [-0.05, 0) is 42.9 Å². The predicted octanol–water partition coefficient (Wildman–Crippen LogP) is 5.11. The average Bonchev–Trinajstić information content (AvgIpc) is 2.34. The molecule has 0 saturated heterocycles. The Kier molecular flexibility index (Phi) is 4.50. The van der Waals surface area contributed by atoms with E-state index in [-0.39, 0.29) is 5.82 Å². The molecule has 2 atom stereocenters. The van der Waals surface area contributed by atoms with Crippen LogP contribution in [0.2, 0.25) is 5.02 Å². The van der Waals surface area contributed by atoms with Gasteiger partial charge < -0.3 is 5.32 Å². The van der Waals surface area contributed by atoms with Crippen LogP contribution in [0, 0.1) is 17.7 Å². The maximum absolute atomic E-state index is 13.2. The van der Waals surface area contributed by atoms with E-state index >= 15 is 0 Å². The fraction of sp³-hybridized carbons (Fsp3) is 0.600. The fourth-order valence-corrected chi connectivity index (χ4v) is 2.96. The molecule has 1 aliphatic rings. The first-order valence-corrected chi connectivity index (χ1v) is 7.15. The van der Waals surface area contributed by atoms with E-state index < -0.39 is 0 Å². The number of anilines is 1. The lowest BCUT2D eigenvalue weighted by Crippen LogP contribution is -2.29. The molecular weight excluding hydrogens is 249 g/mol. The number of hydrogen-bond donors (Lipinski definition) is 1. The van der Waals surface area contributed by atoms with Crippen molar-refractivity contribution in [3.63, 3.8) is 0 Å². The quantitative estimate of drug-likeness (QED) is 0.804. The topological polar surface area (TPSA) is 12.0 Å². The van der Waals surface area contributed by atoms with Crippen LogP contribution in [0.25, 0.3) is 0 Å². The molecule has 2 rings (SSSR count). The summed E-state index contributed by atoms with van der Waals surface area (Å²) in [7, 11) is 0. The molecule has 0 spiro atoms. The minimum absolute atomic E-state index is 0.238. The Hall–Kier alpha value is -0.760. The molecule has 1 aromatic rings. The predicted molar refractivity (Wildman–Crippen MR) is 75.6 cm³/mol. The molecule has 100 valence electrons. The molecule has 1 aromatic carbocycles. The fourth-order valence-electron chi connectivity index (χ4n) is 2.79. The third-order valence-electron chi connectivity index (χ3n) is 3.95. The zero-order chi connectivity index (χ0) is 13.1. The Bertz CT molecular complexity index is 405. The second kappa shape index (κ2) is 5.92. The molecule has 1 fully saturated rings. The molecule has 0 aromatic heterocycles. The number of halogens is 2. The molecule has 1 aliphatic carbocycles. The number of hydrogen-bond acceptors (Lipinski definition) is 1. The Morgan fingerprint density at radius 2 is 2.11 bits per heavy atom. The summed E-state index contributed by atoms with van der Waals surface area (Å²) >= 11 is 6.09. The van der Waals surface area contributed by atoms with Gasteiger partial charge in [0.25, 0.3) is 0 Å². The molecule has 0 aliphatic heterocycles. The highest BCUT2D eigenvalue weighted by Gasteiger charge is 2.24. The molecule has 1 nitrogen and oxygen atoms in total. The van der Waals surface area contributed by atoms with E-state index in [1.807, 2.05) is 0 Å². The summed E-state index contributed by atoms with van der Waals surface area (Å²) in [4.78, 5) is 0. The summed E-state index contributed by atoms with van der Waals surface area (Å²) in [5.41, 5.74) is 0.728. The lowest BCUT2D eigenvalue weighted by molar-refractivity contribution is 0.264. The summed E-state index contributed by atoms with van der Waals surface area (Å²) in [6.45, 7) is 4.56. The molecule has 0 radical (unpaired) electrons. The summed E-state index contributed by atoms with van der Waals surface area (Å²) in [6, 6.07) is 4.92. The van der Waals surface area contributed by atoms with Crippen molar-refractivity contribution in [3.8, 4) is 0 Å². The third-order valence-corrected chi connectivity index (χ3v) is 4.28. The monoisotopic (exact) mass is 269 g/mol. The van der Waals surface area contributed by atoms with Gasteiger partial charge in [0.1, 0.15) is 5.82 Å². The van der Waals surface area contributed by atoms with Crippen LogP contribution in [0.1, 0.15) is 39.5 Å². The molecule has 3 heteroatoms. The highest BCUT2D eigenvalue weighted by atomic mass is 35.5. The molecule has 1 saturated carbocycles.